The van der Waals surface area contributed by atoms with Crippen molar-refractivity contribution in [3.8, 4) is 0 Å². The lowest BCUT2D eigenvalue weighted by atomic mass is 10.1. The van der Waals surface area contributed by atoms with Crippen molar-refractivity contribution < 1.29 is 0 Å². The third-order valence-corrected chi connectivity index (χ3v) is 4.80. The maximum Gasteiger partial charge on any atom is 0.234 e. The molecule has 0 spiro atoms. The quantitative estimate of drug-likeness (QED) is 0.576. The van der Waals surface area contributed by atoms with Gasteiger partial charge in [0, 0.05) is 12.8 Å². The summed E-state index contributed by atoms with van der Waals surface area (Å²) in [7, 11) is 0. The first-order chi connectivity index (χ1) is 11.3. The van der Waals surface area contributed by atoms with Gasteiger partial charge in [-0.25, -0.2) is 0 Å². The van der Waals surface area contributed by atoms with E-state index in [4.69, 9.17) is 5.10 Å². The fraction of sp³-hybridized carbons (Fsp3) is 0.167. The van der Waals surface area contributed by atoms with Gasteiger partial charge >= 0.3 is 0 Å². The molecule has 0 aliphatic heterocycles. The summed E-state index contributed by atoms with van der Waals surface area (Å²) in [5.41, 5.74) is 3.79. The number of nitrogens with zero attached hydrogens (tertiary/aromatic N) is 4. The normalized spacial score (nSPS) is 11.2. The van der Waals surface area contributed by atoms with Crippen molar-refractivity contribution in [2.24, 2.45) is 0 Å². The van der Waals surface area contributed by atoms with E-state index >= 15 is 0 Å². The Morgan fingerprint density at radius 3 is 2.52 bits per heavy atom. The van der Waals surface area contributed by atoms with Crippen LogP contribution in [0.3, 0.4) is 0 Å². The van der Waals surface area contributed by atoms with Gasteiger partial charge in [0.2, 0.25) is 4.96 Å². The van der Waals surface area contributed by atoms with Crippen LogP contribution in [0, 0.1) is 6.92 Å². The molecule has 0 atom stereocenters. The summed E-state index contributed by atoms with van der Waals surface area (Å²) in [5, 5.41) is 14.3. The van der Waals surface area contributed by atoms with Crippen molar-refractivity contribution in [3.63, 3.8) is 0 Å². The monoisotopic (exact) mass is 320 g/mol. The lowest BCUT2D eigenvalue weighted by Crippen LogP contribution is -2.00. The SMILES string of the molecule is Cc1ccccc1Cc1nnc2sc(Cc3ccccc3)nn12. The zero-order chi connectivity index (χ0) is 15.6. The predicted octanol–water partition coefficient (Wildman–Crippen LogP) is 3.68. The maximum absolute atomic E-state index is 4.70. The molecule has 4 nitrogen and oxygen atoms in total. The van der Waals surface area contributed by atoms with Crippen LogP contribution in [0.2, 0.25) is 0 Å². The summed E-state index contributed by atoms with van der Waals surface area (Å²) in [4.78, 5) is 0.861. The number of hydrogen-bond donors (Lipinski definition) is 0. The Labute approximate surface area is 138 Å². The van der Waals surface area contributed by atoms with E-state index in [0.717, 1.165) is 28.6 Å². The number of aryl methyl sites for hydroxylation is 1. The highest BCUT2D eigenvalue weighted by molar-refractivity contribution is 7.16. The molecule has 4 rings (SSSR count). The zero-order valence-electron chi connectivity index (χ0n) is 12.8. The Morgan fingerprint density at radius 1 is 0.913 bits per heavy atom. The van der Waals surface area contributed by atoms with Crippen LogP contribution >= 0.6 is 11.3 Å². The third kappa shape index (κ3) is 2.87. The molecule has 0 N–H and O–H groups in total. The van der Waals surface area contributed by atoms with Crippen LogP contribution in [0.15, 0.2) is 54.6 Å². The minimum absolute atomic E-state index is 0.752. The van der Waals surface area contributed by atoms with E-state index in [1.807, 2.05) is 10.6 Å². The molecular formula is C18H16N4S. The van der Waals surface area contributed by atoms with Gasteiger partial charge in [0.05, 0.1) is 0 Å². The van der Waals surface area contributed by atoms with Crippen LogP contribution in [0.5, 0.6) is 0 Å². The molecule has 0 saturated carbocycles. The van der Waals surface area contributed by atoms with Gasteiger partial charge in [-0.15, -0.1) is 10.2 Å². The van der Waals surface area contributed by atoms with Crippen LogP contribution in [0.25, 0.3) is 4.96 Å². The molecule has 2 aromatic heterocycles. The third-order valence-electron chi connectivity index (χ3n) is 3.91. The Balaban J connectivity index is 1.63. The van der Waals surface area contributed by atoms with Crippen LogP contribution in [0.4, 0.5) is 0 Å². The first-order valence-corrected chi connectivity index (χ1v) is 8.40. The van der Waals surface area contributed by atoms with E-state index in [-0.39, 0.29) is 0 Å². The van der Waals surface area contributed by atoms with Crippen LogP contribution in [-0.4, -0.2) is 19.8 Å². The van der Waals surface area contributed by atoms with Gasteiger partial charge in [0.25, 0.3) is 0 Å². The van der Waals surface area contributed by atoms with Crippen molar-refractivity contribution in [1.82, 2.24) is 19.8 Å². The van der Waals surface area contributed by atoms with E-state index in [2.05, 4.69) is 65.7 Å². The molecule has 0 amide bonds. The lowest BCUT2D eigenvalue weighted by Gasteiger charge is -2.02. The Morgan fingerprint density at radius 2 is 1.70 bits per heavy atom. The summed E-state index contributed by atoms with van der Waals surface area (Å²) >= 11 is 1.61. The molecule has 0 bridgehead atoms. The molecule has 2 heterocycles. The second-order valence-corrected chi connectivity index (χ2v) is 6.61. The molecule has 0 aliphatic rings. The highest BCUT2D eigenvalue weighted by Crippen LogP contribution is 2.19. The standard InChI is InChI=1S/C18H16N4S/c1-13-7-5-6-10-15(13)12-16-19-20-18-22(16)21-17(23-18)11-14-8-3-2-4-9-14/h2-10H,11-12H2,1H3. The van der Waals surface area contributed by atoms with Gasteiger partial charge in [-0.05, 0) is 23.6 Å². The van der Waals surface area contributed by atoms with Crippen LogP contribution in [-0.2, 0) is 12.8 Å². The molecule has 0 radical (unpaired) electrons. The highest BCUT2D eigenvalue weighted by atomic mass is 32.1. The summed E-state index contributed by atoms with van der Waals surface area (Å²) in [5.74, 6) is 0.893. The Hall–Kier alpha value is -2.53. The molecule has 4 aromatic rings. The smallest absolute Gasteiger partial charge is 0.187 e. The van der Waals surface area contributed by atoms with Gasteiger partial charge in [-0.3, -0.25) is 0 Å². The molecule has 0 aliphatic carbocycles. The van der Waals surface area contributed by atoms with Crippen LogP contribution in [0.1, 0.15) is 27.5 Å². The second-order valence-electron chi connectivity index (χ2n) is 5.57. The molecule has 0 fully saturated rings. The molecule has 114 valence electrons. The fourth-order valence-electron chi connectivity index (χ4n) is 2.63. The largest absolute Gasteiger partial charge is 0.234 e. The van der Waals surface area contributed by atoms with Crippen molar-refractivity contribution in [2.75, 3.05) is 0 Å². The molecular weight excluding hydrogens is 304 g/mol. The average Bonchev–Trinajstić information content (AvgIpc) is 3.12. The van der Waals surface area contributed by atoms with Crippen molar-refractivity contribution in [3.05, 3.63) is 82.1 Å². The summed E-state index contributed by atoms with van der Waals surface area (Å²) in [6.45, 7) is 2.12. The summed E-state index contributed by atoms with van der Waals surface area (Å²) < 4.78 is 1.88. The molecule has 0 unspecified atom stereocenters. The number of benzene rings is 2. The second kappa shape index (κ2) is 5.93. The number of fused-ring (bicyclic) bond motifs is 1. The van der Waals surface area contributed by atoms with E-state index in [1.165, 1.54) is 16.7 Å². The van der Waals surface area contributed by atoms with Crippen molar-refractivity contribution in [2.45, 2.75) is 19.8 Å². The van der Waals surface area contributed by atoms with Gasteiger partial charge < -0.3 is 0 Å². The predicted molar refractivity (Wildman–Crippen MR) is 91.9 cm³/mol. The van der Waals surface area contributed by atoms with Gasteiger partial charge in [-0.2, -0.15) is 9.61 Å². The van der Waals surface area contributed by atoms with Gasteiger partial charge in [0.15, 0.2) is 5.82 Å². The number of rotatable bonds is 4. The van der Waals surface area contributed by atoms with Crippen molar-refractivity contribution in [1.29, 1.82) is 0 Å². The first-order valence-electron chi connectivity index (χ1n) is 7.58. The molecule has 5 heteroatoms. The van der Waals surface area contributed by atoms with E-state index in [0.29, 0.717) is 0 Å². The highest BCUT2D eigenvalue weighted by Gasteiger charge is 2.13. The van der Waals surface area contributed by atoms with E-state index in [1.54, 1.807) is 11.3 Å². The minimum atomic E-state index is 0.752. The maximum atomic E-state index is 4.70. The summed E-state index contributed by atoms with van der Waals surface area (Å²) in [6.07, 6.45) is 1.58. The van der Waals surface area contributed by atoms with Gasteiger partial charge in [-0.1, -0.05) is 65.9 Å². The fourth-order valence-corrected chi connectivity index (χ4v) is 3.51. The zero-order valence-corrected chi connectivity index (χ0v) is 13.6. The minimum Gasteiger partial charge on any atom is -0.187 e. The number of aromatic nitrogens is 4. The Bertz CT molecular complexity index is 940. The van der Waals surface area contributed by atoms with Gasteiger partial charge in [0.1, 0.15) is 5.01 Å². The van der Waals surface area contributed by atoms with Crippen LogP contribution < -0.4 is 0 Å². The Kier molecular flexibility index (Phi) is 3.63. The molecule has 23 heavy (non-hydrogen) atoms. The first kappa shape index (κ1) is 14.1. The average molecular weight is 320 g/mol. The topological polar surface area (TPSA) is 43.1 Å². The molecule has 2 aromatic carbocycles. The molecule has 0 saturated heterocycles. The number of hydrogen-bond acceptors (Lipinski definition) is 4. The lowest BCUT2D eigenvalue weighted by molar-refractivity contribution is 0.828. The van der Waals surface area contributed by atoms with Crippen molar-refractivity contribution >= 4 is 16.3 Å². The summed E-state index contributed by atoms with van der Waals surface area (Å²) in [6, 6.07) is 18.7. The van der Waals surface area contributed by atoms with E-state index < -0.39 is 0 Å². The van der Waals surface area contributed by atoms with E-state index in [9.17, 15) is 0 Å².